The second-order valence-corrected chi connectivity index (χ2v) is 17.2. The van der Waals surface area contributed by atoms with Gasteiger partial charge in [-0.2, -0.15) is 0 Å². The molecule has 0 unspecified atom stereocenters. The molecule has 0 bridgehead atoms. The number of fused-ring (bicyclic) bond motifs is 7. The Morgan fingerprint density at radius 1 is 0.349 bits per heavy atom. The maximum absolute atomic E-state index is 6.24. The molecule has 1 aliphatic carbocycles. The lowest BCUT2D eigenvalue weighted by molar-refractivity contribution is 0.660. The van der Waals surface area contributed by atoms with E-state index in [0.29, 0.717) is 0 Å². The number of rotatable bonds is 7. The average Bonchev–Trinajstić information content (AvgIpc) is 3.83. The molecule has 10 aromatic carbocycles. The molecular weight excluding hydrogens is 763 g/mol. The molecule has 298 valence electrons. The number of hydrogen-bond donors (Lipinski definition) is 0. The Bertz CT molecular complexity index is 3520. The van der Waals surface area contributed by atoms with Crippen molar-refractivity contribution in [3.8, 4) is 55.6 Å². The lowest BCUT2D eigenvalue weighted by atomic mass is 9.82. The topological polar surface area (TPSA) is 16.4 Å². The van der Waals surface area contributed by atoms with E-state index in [4.69, 9.17) is 4.42 Å². The van der Waals surface area contributed by atoms with Crippen LogP contribution in [0.15, 0.2) is 229 Å². The first kappa shape index (κ1) is 36.9. The van der Waals surface area contributed by atoms with E-state index in [1.807, 2.05) is 12.1 Å². The normalized spacial score (nSPS) is 12.7. The van der Waals surface area contributed by atoms with E-state index in [-0.39, 0.29) is 5.41 Å². The standard InChI is InChI=1S/C61H43NO/c1-61(2)53-26-12-9-23-51(53)60-54(61)27-16-29-56(60)62(55-28-13-10-21-46(55)40-17-5-3-6-18-40)44-34-31-42(32-35-44)48-37-36-45(50-25-15-24-47(59(48)50)41-19-7-4-8-20-41)43-33-38-58-52(39-43)49-22-11-14-30-57(49)63-58/h3-39H,1-2H3. The molecule has 1 heterocycles. The quantitative estimate of drug-likeness (QED) is 0.160. The Morgan fingerprint density at radius 3 is 1.70 bits per heavy atom. The van der Waals surface area contributed by atoms with Crippen molar-refractivity contribution in [2.24, 2.45) is 0 Å². The zero-order valence-corrected chi connectivity index (χ0v) is 35.2. The molecule has 0 radical (unpaired) electrons. The van der Waals surface area contributed by atoms with E-state index in [1.54, 1.807) is 0 Å². The van der Waals surface area contributed by atoms with Crippen LogP contribution in [-0.2, 0) is 5.41 Å². The van der Waals surface area contributed by atoms with Crippen molar-refractivity contribution < 1.29 is 4.42 Å². The van der Waals surface area contributed by atoms with Gasteiger partial charge in [-0.05, 0) is 109 Å². The van der Waals surface area contributed by atoms with Crippen molar-refractivity contribution in [2.75, 3.05) is 4.90 Å². The van der Waals surface area contributed by atoms with Crippen LogP contribution in [0, 0.1) is 0 Å². The van der Waals surface area contributed by atoms with Crippen LogP contribution < -0.4 is 4.90 Å². The first-order chi connectivity index (χ1) is 31.0. The highest BCUT2D eigenvalue weighted by molar-refractivity contribution is 6.14. The summed E-state index contributed by atoms with van der Waals surface area (Å²) in [5, 5.41) is 4.71. The van der Waals surface area contributed by atoms with E-state index in [2.05, 4.69) is 231 Å². The Balaban J connectivity index is 1.05. The predicted molar refractivity (Wildman–Crippen MR) is 265 cm³/mol. The second-order valence-electron chi connectivity index (χ2n) is 17.2. The molecule has 12 rings (SSSR count). The molecule has 2 heteroatoms. The largest absolute Gasteiger partial charge is 0.456 e. The van der Waals surface area contributed by atoms with Gasteiger partial charge in [-0.1, -0.05) is 196 Å². The fourth-order valence-corrected chi connectivity index (χ4v) is 10.3. The summed E-state index contributed by atoms with van der Waals surface area (Å²) in [4.78, 5) is 2.48. The molecule has 0 aliphatic heterocycles. The molecule has 0 N–H and O–H groups in total. The number of furan rings is 1. The SMILES string of the molecule is CC1(C)c2ccccc2-c2c(N(c3ccc(-c4ccc(-c5ccc6oc7ccccc7c6c5)c5cccc(-c6ccccc6)c45)cc3)c3ccccc3-c3ccccc3)cccc21. The molecule has 2 nitrogen and oxygen atoms in total. The molecule has 11 aromatic rings. The summed E-state index contributed by atoms with van der Waals surface area (Å²) in [7, 11) is 0. The zero-order chi connectivity index (χ0) is 42.1. The lowest BCUT2D eigenvalue weighted by Crippen LogP contribution is -2.16. The van der Waals surface area contributed by atoms with Crippen molar-refractivity contribution in [2.45, 2.75) is 19.3 Å². The van der Waals surface area contributed by atoms with Gasteiger partial charge < -0.3 is 9.32 Å². The first-order valence-corrected chi connectivity index (χ1v) is 21.8. The molecule has 0 fully saturated rings. The molecule has 0 amide bonds. The van der Waals surface area contributed by atoms with Crippen LogP contribution in [0.5, 0.6) is 0 Å². The summed E-state index contributed by atoms with van der Waals surface area (Å²) in [6.45, 7) is 4.71. The van der Waals surface area contributed by atoms with E-state index < -0.39 is 0 Å². The Hall–Kier alpha value is -7.94. The highest BCUT2D eigenvalue weighted by Gasteiger charge is 2.38. The second kappa shape index (κ2) is 14.6. The van der Waals surface area contributed by atoms with E-state index in [9.17, 15) is 0 Å². The van der Waals surface area contributed by atoms with Crippen LogP contribution in [0.2, 0.25) is 0 Å². The van der Waals surface area contributed by atoms with E-state index >= 15 is 0 Å². The Labute approximate surface area is 368 Å². The molecule has 0 atom stereocenters. The van der Waals surface area contributed by atoms with Crippen LogP contribution >= 0.6 is 0 Å². The number of hydrogen-bond acceptors (Lipinski definition) is 2. The molecule has 1 aliphatic rings. The maximum atomic E-state index is 6.24. The number of benzene rings is 10. The van der Waals surface area contributed by atoms with Gasteiger partial charge in [0, 0.05) is 33.0 Å². The van der Waals surface area contributed by atoms with Crippen molar-refractivity contribution in [1.82, 2.24) is 0 Å². The van der Waals surface area contributed by atoms with Crippen LogP contribution in [0.4, 0.5) is 17.1 Å². The first-order valence-electron chi connectivity index (χ1n) is 21.8. The van der Waals surface area contributed by atoms with Gasteiger partial charge in [0.05, 0.1) is 11.4 Å². The minimum atomic E-state index is -0.127. The van der Waals surface area contributed by atoms with Gasteiger partial charge in [-0.15, -0.1) is 0 Å². The van der Waals surface area contributed by atoms with Crippen LogP contribution in [0.25, 0.3) is 88.3 Å². The maximum Gasteiger partial charge on any atom is 0.135 e. The summed E-state index contributed by atoms with van der Waals surface area (Å²) in [6, 6.07) is 81.7. The van der Waals surface area contributed by atoms with Crippen LogP contribution in [-0.4, -0.2) is 0 Å². The van der Waals surface area contributed by atoms with Crippen LogP contribution in [0.1, 0.15) is 25.0 Å². The predicted octanol–water partition coefficient (Wildman–Crippen LogP) is 17.2. The number of nitrogens with zero attached hydrogens (tertiary/aromatic N) is 1. The molecule has 0 spiro atoms. The van der Waals surface area contributed by atoms with Gasteiger partial charge >= 0.3 is 0 Å². The van der Waals surface area contributed by atoms with E-state index in [0.717, 1.165) is 38.9 Å². The van der Waals surface area contributed by atoms with Gasteiger partial charge in [0.25, 0.3) is 0 Å². The number of para-hydroxylation sites is 2. The fraction of sp³-hybridized carbons (Fsp3) is 0.0492. The van der Waals surface area contributed by atoms with Crippen molar-refractivity contribution >= 4 is 49.8 Å². The summed E-state index contributed by atoms with van der Waals surface area (Å²) in [5.74, 6) is 0. The van der Waals surface area contributed by atoms with Crippen LogP contribution in [0.3, 0.4) is 0 Å². The van der Waals surface area contributed by atoms with Crippen molar-refractivity contribution in [1.29, 1.82) is 0 Å². The zero-order valence-electron chi connectivity index (χ0n) is 35.2. The summed E-state index contributed by atoms with van der Waals surface area (Å²) < 4.78 is 6.24. The molecular formula is C61H43NO. The van der Waals surface area contributed by atoms with Gasteiger partial charge in [-0.3, -0.25) is 0 Å². The summed E-state index contributed by atoms with van der Waals surface area (Å²) in [6.07, 6.45) is 0. The lowest BCUT2D eigenvalue weighted by Gasteiger charge is -2.30. The van der Waals surface area contributed by atoms with Gasteiger partial charge in [0.15, 0.2) is 0 Å². The molecule has 0 saturated carbocycles. The molecule has 0 saturated heterocycles. The monoisotopic (exact) mass is 805 g/mol. The average molecular weight is 806 g/mol. The Morgan fingerprint density at radius 2 is 0.889 bits per heavy atom. The summed E-state index contributed by atoms with van der Waals surface area (Å²) in [5.41, 5.74) is 19.9. The van der Waals surface area contributed by atoms with Crippen molar-refractivity contribution in [3.05, 3.63) is 236 Å². The highest BCUT2D eigenvalue weighted by atomic mass is 16.3. The molecule has 63 heavy (non-hydrogen) atoms. The summed E-state index contributed by atoms with van der Waals surface area (Å²) >= 11 is 0. The number of anilines is 3. The van der Waals surface area contributed by atoms with Gasteiger partial charge in [-0.25, -0.2) is 0 Å². The molecule has 1 aromatic heterocycles. The third-order valence-electron chi connectivity index (χ3n) is 13.3. The minimum Gasteiger partial charge on any atom is -0.456 e. The van der Waals surface area contributed by atoms with Crippen molar-refractivity contribution in [3.63, 3.8) is 0 Å². The Kier molecular flexibility index (Phi) is 8.55. The fourth-order valence-electron chi connectivity index (χ4n) is 10.3. The smallest absolute Gasteiger partial charge is 0.135 e. The van der Waals surface area contributed by atoms with Gasteiger partial charge in [0.2, 0.25) is 0 Å². The third kappa shape index (κ3) is 5.94. The minimum absolute atomic E-state index is 0.127. The van der Waals surface area contributed by atoms with Gasteiger partial charge in [0.1, 0.15) is 11.2 Å². The third-order valence-corrected chi connectivity index (χ3v) is 13.3. The highest BCUT2D eigenvalue weighted by Crippen LogP contribution is 2.55. The van der Waals surface area contributed by atoms with E-state index in [1.165, 1.54) is 77.7 Å².